The molecule has 5 nitrogen and oxygen atoms in total. The van der Waals surface area contributed by atoms with Gasteiger partial charge in [-0.1, -0.05) is 36.4 Å². The van der Waals surface area contributed by atoms with Crippen LogP contribution in [0.15, 0.2) is 42.5 Å². The topological polar surface area (TPSA) is 69.4 Å². The van der Waals surface area contributed by atoms with E-state index < -0.39 is 15.9 Å². The SMILES string of the molecule is Cc1ccc(C(=O)Cl)c([N+](=O)[O-])c1OCc1ccccc1. The third-order valence-corrected chi connectivity index (χ3v) is 3.15. The fourth-order valence-electron chi connectivity index (χ4n) is 1.92. The molecule has 0 aliphatic carbocycles. The lowest BCUT2D eigenvalue weighted by molar-refractivity contribution is -0.386. The number of benzene rings is 2. The average molecular weight is 306 g/mol. The summed E-state index contributed by atoms with van der Waals surface area (Å²) >= 11 is 5.39. The standard InChI is InChI=1S/C15H12ClNO4/c1-10-7-8-12(15(16)18)13(17(19)20)14(10)21-9-11-5-3-2-4-6-11/h2-8H,9H2,1H3. The quantitative estimate of drug-likeness (QED) is 0.478. The lowest BCUT2D eigenvalue weighted by Gasteiger charge is -2.11. The molecule has 0 N–H and O–H groups in total. The molecular weight excluding hydrogens is 294 g/mol. The van der Waals surface area contributed by atoms with Crippen LogP contribution in [0.1, 0.15) is 21.5 Å². The van der Waals surface area contributed by atoms with E-state index in [1.54, 1.807) is 13.0 Å². The van der Waals surface area contributed by atoms with Crippen molar-refractivity contribution in [3.8, 4) is 5.75 Å². The molecule has 0 amide bonds. The minimum atomic E-state index is -0.883. The van der Waals surface area contributed by atoms with Gasteiger partial charge in [-0.3, -0.25) is 14.9 Å². The monoisotopic (exact) mass is 305 g/mol. The minimum absolute atomic E-state index is 0.0651. The summed E-state index contributed by atoms with van der Waals surface area (Å²) in [7, 11) is 0. The Morgan fingerprint density at radius 3 is 2.48 bits per heavy atom. The Morgan fingerprint density at radius 2 is 1.90 bits per heavy atom. The normalized spacial score (nSPS) is 10.2. The van der Waals surface area contributed by atoms with Crippen LogP contribution in [-0.2, 0) is 6.61 Å². The number of halogens is 1. The second-order valence-electron chi connectivity index (χ2n) is 4.41. The molecule has 0 saturated heterocycles. The van der Waals surface area contributed by atoms with Crippen molar-refractivity contribution in [2.24, 2.45) is 0 Å². The van der Waals surface area contributed by atoms with Crippen molar-refractivity contribution in [2.45, 2.75) is 13.5 Å². The molecule has 0 saturated carbocycles. The van der Waals surface area contributed by atoms with Crippen LogP contribution in [0, 0.1) is 17.0 Å². The maximum Gasteiger partial charge on any atom is 0.323 e. The Labute approximate surface area is 126 Å². The molecule has 21 heavy (non-hydrogen) atoms. The number of nitro benzene ring substituents is 1. The molecule has 0 heterocycles. The molecule has 0 aliphatic heterocycles. The van der Waals surface area contributed by atoms with Crippen LogP contribution >= 0.6 is 11.6 Å². The number of hydrogen-bond acceptors (Lipinski definition) is 4. The lowest BCUT2D eigenvalue weighted by Crippen LogP contribution is -2.05. The maximum atomic E-state index is 11.3. The van der Waals surface area contributed by atoms with Crippen molar-refractivity contribution in [1.82, 2.24) is 0 Å². The van der Waals surface area contributed by atoms with E-state index in [1.807, 2.05) is 30.3 Å². The molecule has 2 aromatic carbocycles. The number of nitro groups is 1. The first-order valence-electron chi connectivity index (χ1n) is 6.15. The molecule has 0 aliphatic rings. The van der Waals surface area contributed by atoms with Crippen molar-refractivity contribution in [3.05, 3.63) is 69.3 Å². The first-order valence-corrected chi connectivity index (χ1v) is 6.53. The Hall–Kier alpha value is -2.40. The molecule has 0 atom stereocenters. The van der Waals surface area contributed by atoms with E-state index in [0.29, 0.717) is 5.56 Å². The smallest absolute Gasteiger partial charge is 0.323 e. The molecule has 0 spiro atoms. The van der Waals surface area contributed by atoms with Crippen LogP contribution in [0.25, 0.3) is 0 Å². The highest BCUT2D eigenvalue weighted by Crippen LogP contribution is 2.35. The predicted molar refractivity (Wildman–Crippen MR) is 78.8 cm³/mol. The molecule has 2 rings (SSSR count). The van der Waals surface area contributed by atoms with Crippen molar-refractivity contribution >= 4 is 22.5 Å². The van der Waals surface area contributed by atoms with Crippen LogP contribution in [0.5, 0.6) is 5.75 Å². The molecule has 0 aromatic heterocycles. The van der Waals surface area contributed by atoms with Gasteiger partial charge in [0.25, 0.3) is 5.24 Å². The summed E-state index contributed by atoms with van der Waals surface area (Å²) in [5.74, 6) is 0.0651. The van der Waals surface area contributed by atoms with Crippen LogP contribution in [-0.4, -0.2) is 10.2 Å². The zero-order valence-corrected chi connectivity index (χ0v) is 12.0. The van der Waals surface area contributed by atoms with Gasteiger partial charge in [-0.05, 0) is 35.7 Å². The predicted octanol–water partition coefficient (Wildman–Crippen LogP) is 3.86. The highest BCUT2D eigenvalue weighted by molar-refractivity contribution is 6.68. The second-order valence-corrected chi connectivity index (χ2v) is 4.76. The third-order valence-electron chi connectivity index (χ3n) is 2.95. The highest BCUT2D eigenvalue weighted by Gasteiger charge is 2.26. The van der Waals surface area contributed by atoms with Gasteiger partial charge in [0.1, 0.15) is 12.2 Å². The number of aryl methyl sites for hydroxylation is 1. The van der Waals surface area contributed by atoms with Crippen molar-refractivity contribution in [3.63, 3.8) is 0 Å². The second kappa shape index (κ2) is 6.37. The number of hydrogen-bond donors (Lipinski definition) is 0. The third kappa shape index (κ3) is 3.38. The number of rotatable bonds is 5. The van der Waals surface area contributed by atoms with Crippen LogP contribution in [0.4, 0.5) is 5.69 Å². The van der Waals surface area contributed by atoms with Gasteiger partial charge in [-0.2, -0.15) is 0 Å². The highest BCUT2D eigenvalue weighted by atomic mass is 35.5. The van der Waals surface area contributed by atoms with Crippen molar-refractivity contribution in [2.75, 3.05) is 0 Å². The minimum Gasteiger partial charge on any atom is -0.482 e. The van der Waals surface area contributed by atoms with Gasteiger partial charge in [0.15, 0.2) is 0 Å². The Kier molecular flexibility index (Phi) is 4.55. The summed E-state index contributed by atoms with van der Waals surface area (Å²) < 4.78 is 5.55. The lowest BCUT2D eigenvalue weighted by atomic mass is 10.1. The Morgan fingerprint density at radius 1 is 1.24 bits per heavy atom. The zero-order chi connectivity index (χ0) is 15.4. The summed E-state index contributed by atoms with van der Waals surface area (Å²) in [5.41, 5.74) is 0.870. The van der Waals surface area contributed by atoms with Crippen LogP contribution in [0.2, 0.25) is 0 Å². The van der Waals surface area contributed by atoms with E-state index in [9.17, 15) is 14.9 Å². The van der Waals surface area contributed by atoms with Gasteiger partial charge >= 0.3 is 5.69 Å². The first-order chi connectivity index (χ1) is 10.0. The van der Waals surface area contributed by atoms with E-state index in [4.69, 9.17) is 16.3 Å². The van der Waals surface area contributed by atoms with Gasteiger partial charge in [-0.25, -0.2) is 0 Å². The summed E-state index contributed by atoms with van der Waals surface area (Å²) in [6.07, 6.45) is 0. The van der Waals surface area contributed by atoms with Crippen LogP contribution < -0.4 is 4.74 Å². The average Bonchev–Trinajstić information content (AvgIpc) is 2.46. The molecule has 108 valence electrons. The zero-order valence-electron chi connectivity index (χ0n) is 11.2. The Balaban J connectivity index is 2.40. The summed E-state index contributed by atoms with van der Waals surface area (Å²) in [6, 6.07) is 12.2. The number of nitrogens with zero attached hydrogens (tertiary/aromatic N) is 1. The van der Waals surface area contributed by atoms with Gasteiger partial charge in [0.2, 0.25) is 5.75 Å². The fourth-order valence-corrected chi connectivity index (χ4v) is 2.08. The number of ether oxygens (including phenoxy) is 1. The van der Waals surface area contributed by atoms with Crippen molar-refractivity contribution < 1.29 is 14.5 Å². The molecular formula is C15H12ClNO4. The molecule has 0 unspecified atom stereocenters. The van der Waals surface area contributed by atoms with Crippen LogP contribution in [0.3, 0.4) is 0 Å². The molecule has 6 heteroatoms. The summed E-state index contributed by atoms with van der Waals surface area (Å²) in [4.78, 5) is 21.9. The molecule has 0 radical (unpaired) electrons. The van der Waals surface area contributed by atoms with Gasteiger partial charge in [0.05, 0.1) is 4.92 Å². The number of carbonyl (C=O) groups excluding carboxylic acids is 1. The van der Waals surface area contributed by atoms with E-state index in [-0.39, 0.29) is 17.9 Å². The molecule has 0 bridgehead atoms. The van der Waals surface area contributed by atoms with Gasteiger partial charge in [0, 0.05) is 0 Å². The molecule has 2 aromatic rings. The van der Waals surface area contributed by atoms with Gasteiger partial charge in [-0.15, -0.1) is 0 Å². The van der Waals surface area contributed by atoms with E-state index >= 15 is 0 Å². The molecule has 0 fully saturated rings. The Bertz CT molecular complexity index is 686. The fraction of sp³-hybridized carbons (Fsp3) is 0.133. The van der Waals surface area contributed by atoms with E-state index in [1.165, 1.54) is 6.07 Å². The van der Waals surface area contributed by atoms with E-state index in [2.05, 4.69) is 0 Å². The van der Waals surface area contributed by atoms with Gasteiger partial charge < -0.3 is 4.74 Å². The van der Waals surface area contributed by atoms with E-state index in [0.717, 1.165) is 5.56 Å². The number of carbonyl (C=O) groups is 1. The first kappa shape index (κ1) is 15.0. The van der Waals surface area contributed by atoms with Crippen molar-refractivity contribution in [1.29, 1.82) is 0 Å². The largest absolute Gasteiger partial charge is 0.482 e. The summed E-state index contributed by atoms with van der Waals surface area (Å²) in [5, 5.41) is 10.3. The maximum absolute atomic E-state index is 11.3. The summed E-state index contributed by atoms with van der Waals surface area (Å²) in [6.45, 7) is 1.85.